The Kier molecular flexibility index (Phi) is 3.06. The highest BCUT2D eigenvalue weighted by molar-refractivity contribution is 6.99. The largest absolute Gasteiger partial charge is 0.464 e. The third-order valence-electron chi connectivity index (χ3n) is 4.31. The molecule has 0 saturated heterocycles. The molecule has 6 heteroatoms. The molecular weight excluding hydrogens is 286 g/mol. The summed E-state index contributed by atoms with van der Waals surface area (Å²) in [6.07, 6.45) is 4.89. The number of aromatic nitrogens is 2. The molecule has 2 fully saturated rings. The standard InChI is InChI=1S/C15H17N3O2S/c1-9-6-12(9)14-5-4-11(20-14)8-18(10-2-3-10)15(19)13-7-16-21-17-13/h4-5,7,9-10,12H,2-3,6,8H2,1H3/t9-,12-/m0/s1. The molecule has 0 aliphatic heterocycles. The first-order valence-electron chi connectivity index (χ1n) is 7.39. The maximum absolute atomic E-state index is 12.5. The van der Waals surface area contributed by atoms with E-state index in [0.717, 1.165) is 42.0 Å². The number of amides is 1. The Bertz CT molecular complexity index is 648. The van der Waals surface area contributed by atoms with Crippen LogP contribution in [0.3, 0.4) is 0 Å². The molecule has 2 heterocycles. The number of furan rings is 1. The molecule has 0 spiro atoms. The highest BCUT2D eigenvalue weighted by Crippen LogP contribution is 2.47. The van der Waals surface area contributed by atoms with Crippen molar-refractivity contribution in [3.63, 3.8) is 0 Å². The number of hydrogen-bond donors (Lipinski definition) is 0. The van der Waals surface area contributed by atoms with Crippen LogP contribution in [-0.4, -0.2) is 25.6 Å². The van der Waals surface area contributed by atoms with E-state index < -0.39 is 0 Å². The minimum Gasteiger partial charge on any atom is -0.464 e. The molecule has 1 amide bonds. The third-order valence-corrected chi connectivity index (χ3v) is 4.79. The first-order chi connectivity index (χ1) is 10.2. The quantitative estimate of drug-likeness (QED) is 0.851. The van der Waals surface area contributed by atoms with Gasteiger partial charge in [0.2, 0.25) is 0 Å². The second-order valence-corrected chi connectivity index (χ2v) is 6.64. The summed E-state index contributed by atoms with van der Waals surface area (Å²) in [5.41, 5.74) is 0.439. The van der Waals surface area contributed by atoms with Gasteiger partial charge in [0, 0.05) is 12.0 Å². The maximum atomic E-state index is 12.5. The lowest BCUT2D eigenvalue weighted by Crippen LogP contribution is -2.32. The van der Waals surface area contributed by atoms with E-state index in [-0.39, 0.29) is 5.91 Å². The Balaban J connectivity index is 1.50. The molecular formula is C15H17N3O2S. The molecule has 2 aliphatic rings. The Hall–Kier alpha value is -1.69. The zero-order valence-corrected chi connectivity index (χ0v) is 12.7. The smallest absolute Gasteiger partial charge is 0.275 e. The van der Waals surface area contributed by atoms with E-state index in [2.05, 4.69) is 21.7 Å². The van der Waals surface area contributed by atoms with E-state index in [1.807, 2.05) is 11.0 Å². The summed E-state index contributed by atoms with van der Waals surface area (Å²) in [5.74, 6) is 3.20. The first kappa shape index (κ1) is 13.0. The molecule has 4 rings (SSSR count). The van der Waals surface area contributed by atoms with Crippen molar-refractivity contribution in [2.45, 2.75) is 44.7 Å². The van der Waals surface area contributed by atoms with Crippen LogP contribution in [0.15, 0.2) is 22.7 Å². The van der Waals surface area contributed by atoms with Crippen molar-refractivity contribution in [2.24, 2.45) is 5.92 Å². The average Bonchev–Trinajstić information content (AvgIpc) is 3.32. The van der Waals surface area contributed by atoms with Crippen LogP contribution in [0.2, 0.25) is 0 Å². The lowest BCUT2D eigenvalue weighted by atomic mass is 10.3. The van der Waals surface area contributed by atoms with E-state index in [1.165, 1.54) is 6.42 Å². The third kappa shape index (κ3) is 2.60. The molecule has 0 unspecified atom stereocenters. The SMILES string of the molecule is C[C@H]1C[C@@H]1c1ccc(CN(C(=O)c2cnsn2)C2CC2)o1. The van der Waals surface area contributed by atoms with E-state index in [9.17, 15) is 4.79 Å². The summed E-state index contributed by atoms with van der Waals surface area (Å²) in [6.45, 7) is 2.77. The Morgan fingerprint density at radius 1 is 1.48 bits per heavy atom. The van der Waals surface area contributed by atoms with Crippen LogP contribution in [-0.2, 0) is 6.54 Å². The molecule has 2 aromatic heterocycles. The zero-order chi connectivity index (χ0) is 14.4. The summed E-state index contributed by atoms with van der Waals surface area (Å²) in [4.78, 5) is 14.4. The van der Waals surface area contributed by atoms with Crippen LogP contribution >= 0.6 is 11.7 Å². The average molecular weight is 303 g/mol. The minimum absolute atomic E-state index is 0.0380. The fraction of sp³-hybridized carbons (Fsp3) is 0.533. The predicted molar refractivity (Wildman–Crippen MR) is 78.0 cm³/mol. The van der Waals surface area contributed by atoms with E-state index in [4.69, 9.17) is 4.42 Å². The molecule has 0 aromatic carbocycles. The molecule has 2 aromatic rings. The minimum atomic E-state index is -0.0380. The van der Waals surface area contributed by atoms with Crippen LogP contribution in [0, 0.1) is 5.92 Å². The van der Waals surface area contributed by atoms with Crippen LogP contribution in [0.5, 0.6) is 0 Å². The van der Waals surface area contributed by atoms with Gasteiger partial charge in [0.05, 0.1) is 24.5 Å². The van der Waals surface area contributed by atoms with Gasteiger partial charge in [-0.05, 0) is 37.3 Å². The number of nitrogens with zero attached hydrogens (tertiary/aromatic N) is 3. The number of carbonyl (C=O) groups excluding carboxylic acids is 1. The number of carbonyl (C=O) groups is 1. The van der Waals surface area contributed by atoms with Crippen molar-refractivity contribution in [2.75, 3.05) is 0 Å². The Morgan fingerprint density at radius 3 is 2.90 bits per heavy atom. The number of rotatable bonds is 5. The molecule has 5 nitrogen and oxygen atoms in total. The van der Waals surface area contributed by atoms with Gasteiger partial charge in [-0.2, -0.15) is 8.75 Å². The van der Waals surface area contributed by atoms with E-state index in [0.29, 0.717) is 24.2 Å². The summed E-state index contributed by atoms with van der Waals surface area (Å²) < 4.78 is 13.9. The fourth-order valence-corrected chi connectivity index (χ4v) is 3.13. The van der Waals surface area contributed by atoms with Crippen LogP contribution < -0.4 is 0 Å². The van der Waals surface area contributed by atoms with Gasteiger partial charge in [-0.3, -0.25) is 4.79 Å². The Morgan fingerprint density at radius 2 is 2.29 bits per heavy atom. The van der Waals surface area contributed by atoms with Gasteiger partial charge in [0.15, 0.2) is 5.69 Å². The van der Waals surface area contributed by atoms with Crippen molar-refractivity contribution in [1.82, 2.24) is 13.6 Å². The van der Waals surface area contributed by atoms with Gasteiger partial charge in [-0.25, -0.2) is 0 Å². The van der Waals surface area contributed by atoms with Gasteiger partial charge in [-0.15, -0.1) is 0 Å². The second kappa shape index (κ2) is 4.94. The van der Waals surface area contributed by atoms with E-state index in [1.54, 1.807) is 6.20 Å². The van der Waals surface area contributed by atoms with Gasteiger partial charge >= 0.3 is 0 Å². The molecule has 2 aliphatic carbocycles. The van der Waals surface area contributed by atoms with Crippen molar-refractivity contribution >= 4 is 17.6 Å². The molecule has 2 saturated carbocycles. The van der Waals surface area contributed by atoms with Gasteiger partial charge in [0.1, 0.15) is 11.5 Å². The van der Waals surface area contributed by atoms with Gasteiger partial charge < -0.3 is 9.32 Å². The molecule has 2 atom stereocenters. The van der Waals surface area contributed by atoms with Gasteiger partial charge in [-0.1, -0.05) is 6.92 Å². The maximum Gasteiger partial charge on any atom is 0.275 e. The molecule has 0 bridgehead atoms. The van der Waals surface area contributed by atoms with Crippen molar-refractivity contribution < 1.29 is 9.21 Å². The molecule has 21 heavy (non-hydrogen) atoms. The normalized spacial score (nSPS) is 24.0. The van der Waals surface area contributed by atoms with Crippen LogP contribution in [0.4, 0.5) is 0 Å². The fourth-order valence-electron chi connectivity index (χ4n) is 2.72. The lowest BCUT2D eigenvalue weighted by Gasteiger charge is -2.19. The molecule has 110 valence electrons. The second-order valence-electron chi connectivity index (χ2n) is 6.08. The topological polar surface area (TPSA) is 59.2 Å². The van der Waals surface area contributed by atoms with Crippen molar-refractivity contribution in [3.05, 3.63) is 35.5 Å². The predicted octanol–water partition coefficient (Wildman–Crippen LogP) is 3.06. The monoisotopic (exact) mass is 303 g/mol. The zero-order valence-electron chi connectivity index (χ0n) is 11.9. The summed E-state index contributed by atoms with van der Waals surface area (Å²) in [6, 6.07) is 4.39. The molecule has 0 radical (unpaired) electrons. The summed E-state index contributed by atoms with van der Waals surface area (Å²) >= 11 is 1.07. The molecule has 0 N–H and O–H groups in total. The highest BCUT2D eigenvalue weighted by atomic mass is 32.1. The van der Waals surface area contributed by atoms with Crippen LogP contribution in [0.25, 0.3) is 0 Å². The van der Waals surface area contributed by atoms with Crippen LogP contribution in [0.1, 0.15) is 54.1 Å². The van der Waals surface area contributed by atoms with Crippen molar-refractivity contribution in [3.8, 4) is 0 Å². The lowest BCUT2D eigenvalue weighted by molar-refractivity contribution is 0.0712. The van der Waals surface area contributed by atoms with Crippen molar-refractivity contribution in [1.29, 1.82) is 0 Å². The highest BCUT2D eigenvalue weighted by Gasteiger charge is 2.38. The first-order valence-corrected chi connectivity index (χ1v) is 8.12. The summed E-state index contributed by atoms with van der Waals surface area (Å²) in [7, 11) is 0. The Labute approximate surface area is 127 Å². The summed E-state index contributed by atoms with van der Waals surface area (Å²) in [5, 5.41) is 0. The number of hydrogen-bond acceptors (Lipinski definition) is 5. The van der Waals surface area contributed by atoms with Gasteiger partial charge in [0.25, 0.3) is 5.91 Å². The van der Waals surface area contributed by atoms with E-state index >= 15 is 0 Å².